The van der Waals surface area contributed by atoms with Crippen molar-refractivity contribution < 1.29 is 19.4 Å². The number of ether oxygens (including phenoxy) is 1. The number of nitrogens with zero attached hydrogens (tertiary/aromatic N) is 1. The van der Waals surface area contributed by atoms with E-state index in [4.69, 9.17) is 4.74 Å². The zero-order valence-corrected chi connectivity index (χ0v) is 15.1. The van der Waals surface area contributed by atoms with Gasteiger partial charge in [-0.15, -0.1) is 0 Å². The number of hydrogen-bond acceptors (Lipinski definition) is 4. The fraction of sp³-hybridized carbons (Fsp3) is 0.333. The van der Waals surface area contributed by atoms with Crippen LogP contribution >= 0.6 is 0 Å². The summed E-state index contributed by atoms with van der Waals surface area (Å²) in [7, 11) is 0. The second kappa shape index (κ2) is 9.30. The van der Waals surface area contributed by atoms with Crippen LogP contribution in [0, 0.1) is 0 Å². The number of hydrogen-bond donors (Lipinski definition) is 2. The van der Waals surface area contributed by atoms with E-state index in [0.717, 1.165) is 18.7 Å². The lowest BCUT2D eigenvalue weighted by Crippen LogP contribution is -2.53. The lowest BCUT2D eigenvalue weighted by atomic mass is 10.1. The molecule has 1 saturated heterocycles. The first-order chi connectivity index (χ1) is 13.1. The molecular formula is C21H24N2O4. The van der Waals surface area contributed by atoms with Crippen LogP contribution in [0.15, 0.2) is 60.7 Å². The Morgan fingerprint density at radius 3 is 2.33 bits per heavy atom. The number of morpholine rings is 1. The Hall–Kier alpha value is -2.70. The van der Waals surface area contributed by atoms with Crippen molar-refractivity contribution in [3.8, 4) is 0 Å². The normalized spacial score (nSPS) is 18.6. The molecule has 142 valence electrons. The van der Waals surface area contributed by atoms with Gasteiger partial charge in [0.15, 0.2) is 0 Å². The zero-order valence-electron chi connectivity index (χ0n) is 15.1. The summed E-state index contributed by atoms with van der Waals surface area (Å²) >= 11 is 0. The first-order valence-electron chi connectivity index (χ1n) is 9.07. The van der Waals surface area contributed by atoms with E-state index in [1.807, 2.05) is 60.7 Å². The second-order valence-corrected chi connectivity index (χ2v) is 6.67. The van der Waals surface area contributed by atoms with Crippen LogP contribution in [-0.2, 0) is 27.3 Å². The number of nitrogens with one attached hydrogen (secondary N) is 1. The Labute approximate surface area is 158 Å². The number of aliphatic carboxylic acids is 1. The highest BCUT2D eigenvalue weighted by Gasteiger charge is 2.30. The molecule has 0 bridgehead atoms. The number of carboxylic acids is 1. The van der Waals surface area contributed by atoms with Crippen molar-refractivity contribution in [3.63, 3.8) is 0 Å². The quantitative estimate of drug-likeness (QED) is 0.778. The average molecular weight is 368 g/mol. The fourth-order valence-electron chi connectivity index (χ4n) is 3.16. The van der Waals surface area contributed by atoms with Gasteiger partial charge in [-0.3, -0.25) is 9.69 Å². The molecule has 6 heteroatoms. The minimum atomic E-state index is -1.05. The molecule has 1 heterocycles. The molecule has 1 amide bonds. The molecule has 6 nitrogen and oxygen atoms in total. The van der Waals surface area contributed by atoms with Crippen molar-refractivity contribution in [2.24, 2.45) is 0 Å². The number of rotatable bonds is 7. The number of carbonyl (C=O) groups is 2. The van der Waals surface area contributed by atoms with Gasteiger partial charge >= 0.3 is 5.97 Å². The van der Waals surface area contributed by atoms with Crippen LogP contribution in [0.2, 0.25) is 0 Å². The highest BCUT2D eigenvalue weighted by atomic mass is 16.5. The molecule has 1 aliphatic rings. The molecule has 0 spiro atoms. The van der Waals surface area contributed by atoms with Gasteiger partial charge in [-0.1, -0.05) is 60.7 Å². The SMILES string of the molecule is O=C(N[C@@H](Cc1ccccc1)C(=O)O)C1CN(Cc2ccccc2)CCO1. The average Bonchev–Trinajstić information content (AvgIpc) is 2.69. The molecule has 2 N–H and O–H groups in total. The van der Waals surface area contributed by atoms with E-state index in [0.29, 0.717) is 13.2 Å². The van der Waals surface area contributed by atoms with Gasteiger partial charge < -0.3 is 15.2 Å². The molecule has 0 aromatic heterocycles. The van der Waals surface area contributed by atoms with E-state index in [-0.39, 0.29) is 12.3 Å². The van der Waals surface area contributed by atoms with Gasteiger partial charge in [-0.25, -0.2) is 4.79 Å². The third kappa shape index (κ3) is 5.64. The van der Waals surface area contributed by atoms with Crippen LogP contribution in [0.3, 0.4) is 0 Å². The summed E-state index contributed by atoms with van der Waals surface area (Å²) in [6, 6.07) is 18.3. The summed E-state index contributed by atoms with van der Waals surface area (Å²) in [6.07, 6.45) is -0.428. The number of benzene rings is 2. The van der Waals surface area contributed by atoms with E-state index >= 15 is 0 Å². The summed E-state index contributed by atoms with van der Waals surface area (Å²) in [5.41, 5.74) is 2.03. The highest BCUT2D eigenvalue weighted by Crippen LogP contribution is 2.11. The molecule has 1 aliphatic heterocycles. The molecule has 2 atom stereocenters. The first-order valence-corrected chi connectivity index (χ1v) is 9.07. The molecule has 1 unspecified atom stereocenters. The predicted octanol–water partition coefficient (Wildman–Crippen LogP) is 1.70. The van der Waals surface area contributed by atoms with Gasteiger partial charge in [0, 0.05) is 26.1 Å². The maximum Gasteiger partial charge on any atom is 0.326 e. The molecule has 27 heavy (non-hydrogen) atoms. The van der Waals surface area contributed by atoms with Gasteiger partial charge in [0.05, 0.1) is 6.61 Å². The van der Waals surface area contributed by atoms with Crippen molar-refractivity contribution in [2.75, 3.05) is 19.7 Å². The van der Waals surface area contributed by atoms with Crippen molar-refractivity contribution in [1.82, 2.24) is 10.2 Å². The lowest BCUT2D eigenvalue weighted by Gasteiger charge is -2.32. The Kier molecular flexibility index (Phi) is 6.57. The fourth-order valence-corrected chi connectivity index (χ4v) is 3.16. The number of carboxylic acid groups (broad SMARTS) is 1. The second-order valence-electron chi connectivity index (χ2n) is 6.67. The van der Waals surface area contributed by atoms with E-state index in [2.05, 4.69) is 10.2 Å². The Morgan fingerprint density at radius 1 is 1.07 bits per heavy atom. The third-order valence-electron chi connectivity index (χ3n) is 4.59. The van der Waals surface area contributed by atoms with E-state index in [9.17, 15) is 14.7 Å². The Bertz CT molecular complexity index is 751. The molecule has 1 fully saturated rings. The van der Waals surface area contributed by atoms with Crippen LogP contribution in [0.25, 0.3) is 0 Å². The molecule has 3 rings (SSSR count). The smallest absolute Gasteiger partial charge is 0.326 e. The van der Waals surface area contributed by atoms with Gasteiger partial charge in [0.25, 0.3) is 5.91 Å². The summed E-state index contributed by atoms with van der Waals surface area (Å²) in [5, 5.41) is 12.1. The van der Waals surface area contributed by atoms with E-state index in [1.165, 1.54) is 5.56 Å². The Balaban J connectivity index is 1.57. The van der Waals surface area contributed by atoms with Crippen LogP contribution in [0.4, 0.5) is 0 Å². The van der Waals surface area contributed by atoms with Crippen LogP contribution < -0.4 is 5.32 Å². The highest BCUT2D eigenvalue weighted by molar-refractivity contribution is 5.86. The van der Waals surface area contributed by atoms with Crippen molar-refractivity contribution >= 4 is 11.9 Å². The lowest BCUT2D eigenvalue weighted by molar-refractivity contribution is -0.146. The van der Waals surface area contributed by atoms with E-state index in [1.54, 1.807) is 0 Å². The standard InChI is InChI=1S/C21H24N2O4/c24-20(22-18(21(25)26)13-16-7-3-1-4-8-16)19-15-23(11-12-27-19)14-17-9-5-2-6-10-17/h1-10,18-19H,11-15H2,(H,22,24)(H,25,26)/t18-,19?/m0/s1. The summed E-state index contributed by atoms with van der Waals surface area (Å²) < 4.78 is 5.59. The van der Waals surface area contributed by atoms with Crippen LogP contribution in [-0.4, -0.2) is 53.7 Å². The monoisotopic (exact) mass is 368 g/mol. The van der Waals surface area contributed by atoms with Crippen molar-refractivity contribution in [2.45, 2.75) is 25.1 Å². The maximum absolute atomic E-state index is 12.6. The summed E-state index contributed by atoms with van der Waals surface area (Å²) in [6.45, 7) is 2.37. The van der Waals surface area contributed by atoms with Crippen LogP contribution in [0.5, 0.6) is 0 Å². The Morgan fingerprint density at radius 2 is 1.70 bits per heavy atom. The minimum absolute atomic E-state index is 0.238. The molecule has 0 radical (unpaired) electrons. The van der Waals surface area contributed by atoms with Crippen LogP contribution in [0.1, 0.15) is 11.1 Å². The molecule has 2 aromatic carbocycles. The zero-order chi connectivity index (χ0) is 19.1. The first kappa shape index (κ1) is 19.1. The maximum atomic E-state index is 12.6. The third-order valence-corrected chi connectivity index (χ3v) is 4.59. The molecule has 0 saturated carbocycles. The van der Waals surface area contributed by atoms with Crippen molar-refractivity contribution in [1.29, 1.82) is 0 Å². The summed E-state index contributed by atoms with van der Waals surface area (Å²) in [4.78, 5) is 26.3. The van der Waals surface area contributed by atoms with Gasteiger partial charge in [-0.2, -0.15) is 0 Å². The molecule has 2 aromatic rings. The molecular weight excluding hydrogens is 344 g/mol. The van der Waals surface area contributed by atoms with E-state index < -0.39 is 18.1 Å². The van der Waals surface area contributed by atoms with Gasteiger partial charge in [-0.05, 0) is 11.1 Å². The summed E-state index contributed by atoms with van der Waals surface area (Å²) in [5.74, 6) is -1.43. The number of amides is 1. The number of carbonyl (C=O) groups excluding carboxylic acids is 1. The minimum Gasteiger partial charge on any atom is -0.480 e. The van der Waals surface area contributed by atoms with Gasteiger partial charge in [0.1, 0.15) is 12.1 Å². The van der Waals surface area contributed by atoms with Gasteiger partial charge in [0.2, 0.25) is 0 Å². The predicted molar refractivity (Wildman–Crippen MR) is 101 cm³/mol. The topological polar surface area (TPSA) is 78.9 Å². The van der Waals surface area contributed by atoms with Crippen molar-refractivity contribution in [3.05, 3.63) is 71.8 Å². The largest absolute Gasteiger partial charge is 0.480 e. The molecule has 0 aliphatic carbocycles.